The van der Waals surface area contributed by atoms with Gasteiger partial charge in [-0.2, -0.15) is 4.98 Å². The van der Waals surface area contributed by atoms with Crippen molar-refractivity contribution in [3.05, 3.63) is 41.5 Å². The van der Waals surface area contributed by atoms with Crippen molar-refractivity contribution >= 4 is 5.82 Å². The lowest BCUT2D eigenvalue weighted by atomic mass is 10.2. The number of anilines is 1. The number of halogens is 1. The van der Waals surface area contributed by atoms with Crippen LogP contribution >= 0.6 is 0 Å². The highest BCUT2D eigenvalue weighted by Gasteiger charge is 2.07. The van der Waals surface area contributed by atoms with Crippen LogP contribution in [0.15, 0.2) is 24.3 Å². The van der Waals surface area contributed by atoms with Gasteiger partial charge in [-0.25, -0.2) is 9.37 Å². The molecule has 0 unspecified atom stereocenters. The summed E-state index contributed by atoms with van der Waals surface area (Å²) in [4.78, 5) is 8.58. The van der Waals surface area contributed by atoms with Crippen LogP contribution in [0.3, 0.4) is 0 Å². The summed E-state index contributed by atoms with van der Waals surface area (Å²) in [6.45, 7) is 3.76. The summed E-state index contributed by atoms with van der Waals surface area (Å²) in [7, 11) is 1.79. The summed E-state index contributed by atoms with van der Waals surface area (Å²) in [5.74, 6) is 2.15. The molecule has 0 amide bonds. The van der Waals surface area contributed by atoms with Crippen molar-refractivity contribution in [2.75, 3.05) is 12.4 Å². The second-order valence-electron chi connectivity index (χ2n) is 4.12. The zero-order chi connectivity index (χ0) is 13.8. The summed E-state index contributed by atoms with van der Waals surface area (Å²) in [6, 6.07) is 6.10. The second kappa shape index (κ2) is 5.65. The number of hydrogen-bond donors (Lipinski definition) is 1. The first kappa shape index (κ1) is 13.3. The Labute approximate surface area is 111 Å². The lowest BCUT2D eigenvalue weighted by Crippen LogP contribution is -2.01. The van der Waals surface area contributed by atoms with E-state index in [2.05, 4.69) is 15.3 Å². The fourth-order valence-electron chi connectivity index (χ4n) is 1.65. The Morgan fingerprint density at radius 3 is 2.68 bits per heavy atom. The van der Waals surface area contributed by atoms with Crippen LogP contribution in [0.25, 0.3) is 0 Å². The van der Waals surface area contributed by atoms with Gasteiger partial charge < -0.3 is 10.1 Å². The molecule has 0 atom stereocenters. The van der Waals surface area contributed by atoms with Gasteiger partial charge in [-0.05, 0) is 30.7 Å². The summed E-state index contributed by atoms with van der Waals surface area (Å²) < 4.78 is 18.7. The Kier molecular flexibility index (Phi) is 3.94. The third-order valence-corrected chi connectivity index (χ3v) is 2.67. The van der Waals surface area contributed by atoms with E-state index in [1.807, 2.05) is 6.92 Å². The maximum atomic E-state index is 13.0. The number of benzene rings is 1. The van der Waals surface area contributed by atoms with Crippen LogP contribution < -0.4 is 10.1 Å². The SMILES string of the molecule is CCc1nc(NC)cc(Oc2ccc(F)cc2C)n1. The van der Waals surface area contributed by atoms with Crippen molar-refractivity contribution in [2.24, 2.45) is 0 Å². The highest BCUT2D eigenvalue weighted by atomic mass is 19.1. The van der Waals surface area contributed by atoms with E-state index < -0.39 is 0 Å². The maximum absolute atomic E-state index is 13.0. The van der Waals surface area contributed by atoms with Crippen molar-refractivity contribution in [3.63, 3.8) is 0 Å². The highest BCUT2D eigenvalue weighted by Crippen LogP contribution is 2.25. The molecule has 0 radical (unpaired) electrons. The van der Waals surface area contributed by atoms with E-state index in [4.69, 9.17) is 4.74 Å². The minimum Gasteiger partial charge on any atom is -0.439 e. The molecule has 0 bridgehead atoms. The molecular formula is C14H16FN3O. The van der Waals surface area contributed by atoms with Gasteiger partial charge in [0.1, 0.15) is 23.2 Å². The van der Waals surface area contributed by atoms with Crippen LogP contribution in [0.4, 0.5) is 10.2 Å². The molecule has 1 heterocycles. The van der Waals surface area contributed by atoms with E-state index in [-0.39, 0.29) is 5.82 Å². The molecule has 19 heavy (non-hydrogen) atoms. The van der Waals surface area contributed by atoms with Crippen molar-refractivity contribution in [2.45, 2.75) is 20.3 Å². The Morgan fingerprint density at radius 1 is 1.26 bits per heavy atom. The number of aromatic nitrogens is 2. The molecule has 4 nitrogen and oxygen atoms in total. The lowest BCUT2D eigenvalue weighted by molar-refractivity contribution is 0.454. The molecule has 1 aromatic heterocycles. The lowest BCUT2D eigenvalue weighted by Gasteiger charge is -2.10. The largest absolute Gasteiger partial charge is 0.439 e. The Bertz CT molecular complexity index is 565. The van der Waals surface area contributed by atoms with Crippen LogP contribution in [0, 0.1) is 12.7 Å². The third kappa shape index (κ3) is 3.19. The molecule has 0 fully saturated rings. The molecule has 0 aliphatic rings. The summed E-state index contributed by atoms with van der Waals surface area (Å²) in [6.07, 6.45) is 0.717. The molecule has 5 heteroatoms. The van der Waals surface area contributed by atoms with E-state index in [1.165, 1.54) is 12.1 Å². The normalized spacial score (nSPS) is 10.3. The van der Waals surface area contributed by atoms with E-state index in [1.54, 1.807) is 26.1 Å². The predicted molar refractivity (Wildman–Crippen MR) is 72.2 cm³/mol. The zero-order valence-electron chi connectivity index (χ0n) is 11.2. The van der Waals surface area contributed by atoms with Gasteiger partial charge in [0.25, 0.3) is 0 Å². The van der Waals surface area contributed by atoms with Gasteiger partial charge in [-0.3, -0.25) is 0 Å². The molecule has 0 spiro atoms. The van der Waals surface area contributed by atoms with Crippen LogP contribution in [-0.4, -0.2) is 17.0 Å². The number of hydrogen-bond acceptors (Lipinski definition) is 4. The minimum absolute atomic E-state index is 0.280. The molecule has 1 aromatic carbocycles. The average Bonchev–Trinajstić information content (AvgIpc) is 2.41. The van der Waals surface area contributed by atoms with Crippen molar-refractivity contribution in [1.82, 2.24) is 9.97 Å². The summed E-state index contributed by atoms with van der Waals surface area (Å²) in [5, 5.41) is 2.96. The third-order valence-electron chi connectivity index (χ3n) is 2.67. The van der Waals surface area contributed by atoms with Crippen LogP contribution in [0.1, 0.15) is 18.3 Å². The molecule has 2 aromatic rings. The van der Waals surface area contributed by atoms with Crippen molar-refractivity contribution in [3.8, 4) is 11.6 Å². The molecule has 1 N–H and O–H groups in total. The first-order valence-corrected chi connectivity index (χ1v) is 6.12. The standard InChI is InChI=1S/C14H16FN3O/c1-4-12-17-13(16-3)8-14(18-12)19-11-6-5-10(15)7-9(11)2/h5-8H,4H2,1-3H3,(H,16,17,18). The highest BCUT2D eigenvalue weighted by molar-refractivity contribution is 5.41. The number of ether oxygens (including phenoxy) is 1. The molecule has 0 saturated heterocycles. The van der Waals surface area contributed by atoms with E-state index in [0.29, 0.717) is 29.7 Å². The van der Waals surface area contributed by atoms with Gasteiger partial charge in [0.15, 0.2) is 0 Å². The van der Waals surface area contributed by atoms with Gasteiger partial charge >= 0.3 is 0 Å². The number of nitrogens with one attached hydrogen (secondary N) is 1. The number of rotatable bonds is 4. The predicted octanol–water partition coefficient (Wildman–Crippen LogP) is 3.32. The van der Waals surface area contributed by atoms with Gasteiger partial charge in [0.05, 0.1) is 0 Å². The van der Waals surface area contributed by atoms with Crippen LogP contribution in [0.2, 0.25) is 0 Å². The minimum atomic E-state index is -0.280. The van der Waals surface area contributed by atoms with Gasteiger partial charge in [0.2, 0.25) is 5.88 Å². The molecular weight excluding hydrogens is 245 g/mol. The fourth-order valence-corrected chi connectivity index (χ4v) is 1.65. The van der Waals surface area contributed by atoms with Crippen molar-refractivity contribution < 1.29 is 9.13 Å². The van der Waals surface area contributed by atoms with E-state index >= 15 is 0 Å². The average molecular weight is 261 g/mol. The quantitative estimate of drug-likeness (QED) is 0.917. The van der Waals surface area contributed by atoms with Gasteiger partial charge in [0, 0.05) is 19.5 Å². The van der Waals surface area contributed by atoms with Gasteiger partial charge in [-0.1, -0.05) is 6.92 Å². The Hall–Kier alpha value is -2.17. The fraction of sp³-hybridized carbons (Fsp3) is 0.286. The number of nitrogens with zero attached hydrogens (tertiary/aromatic N) is 2. The van der Waals surface area contributed by atoms with E-state index in [0.717, 1.165) is 5.56 Å². The Balaban J connectivity index is 2.31. The maximum Gasteiger partial charge on any atom is 0.224 e. The van der Waals surface area contributed by atoms with E-state index in [9.17, 15) is 4.39 Å². The first-order chi connectivity index (χ1) is 9.12. The molecule has 100 valence electrons. The second-order valence-corrected chi connectivity index (χ2v) is 4.12. The zero-order valence-corrected chi connectivity index (χ0v) is 11.2. The topological polar surface area (TPSA) is 47.0 Å². The number of aryl methyl sites for hydroxylation is 2. The monoisotopic (exact) mass is 261 g/mol. The molecule has 2 rings (SSSR count). The van der Waals surface area contributed by atoms with Crippen molar-refractivity contribution in [1.29, 1.82) is 0 Å². The Morgan fingerprint density at radius 2 is 2.05 bits per heavy atom. The van der Waals surface area contributed by atoms with Crippen LogP contribution in [0.5, 0.6) is 11.6 Å². The van der Waals surface area contributed by atoms with Gasteiger partial charge in [-0.15, -0.1) is 0 Å². The first-order valence-electron chi connectivity index (χ1n) is 6.12. The molecule has 0 aliphatic heterocycles. The smallest absolute Gasteiger partial charge is 0.224 e. The molecule has 0 saturated carbocycles. The molecule has 0 aliphatic carbocycles. The summed E-state index contributed by atoms with van der Waals surface area (Å²) in [5.41, 5.74) is 0.725. The van der Waals surface area contributed by atoms with Crippen LogP contribution in [-0.2, 0) is 6.42 Å². The summed E-state index contributed by atoms with van der Waals surface area (Å²) >= 11 is 0.